The van der Waals surface area contributed by atoms with Gasteiger partial charge in [0.05, 0.1) is 13.0 Å². The maximum absolute atomic E-state index is 12.5. The summed E-state index contributed by atoms with van der Waals surface area (Å²) >= 11 is 0. The van der Waals surface area contributed by atoms with E-state index in [2.05, 4.69) is 41.1 Å². The Balaban J connectivity index is 1.96. The molecule has 1 aliphatic carbocycles. The van der Waals surface area contributed by atoms with E-state index in [1.807, 2.05) is 20.8 Å². The molecule has 0 saturated heterocycles. The highest BCUT2D eigenvalue weighted by atomic mass is 16.6. The summed E-state index contributed by atoms with van der Waals surface area (Å²) in [7, 11) is 6.19. The Labute approximate surface area is 188 Å². The third-order valence-corrected chi connectivity index (χ3v) is 5.90. The zero-order valence-corrected chi connectivity index (χ0v) is 20.7. The van der Waals surface area contributed by atoms with Crippen molar-refractivity contribution in [1.82, 2.24) is 19.9 Å². The molecule has 0 aliphatic heterocycles. The van der Waals surface area contributed by atoms with Crippen LogP contribution in [0.15, 0.2) is 4.52 Å². The zero-order valence-electron chi connectivity index (χ0n) is 20.7. The Bertz CT molecular complexity index is 647. The van der Waals surface area contributed by atoms with Crippen LogP contribution in [0.3, 0.4) is 0 Å². The van der Waals surface area contributed by atoms with Gasteiger partial charge in [0.25, 0.3) is 0 Å². The van der Waals surface area contributed by atoms with Crippen LogP contribution in [0.2, 0.25) is 0 Å². The van der Waals surface area contributed by atoms with E-state index in [9.17, 15) is 4.79 Å². The Kier molecular flexibility index (Phi) is 10.4. The number of hydrogen-bond donors (Lipinski definition) is 0. The van der Waals surface area contributed by atoms with Gasteiger partial charge in [-0.25, -0.2) is 0 Å². The fourth-order valence-electron chi connectivity index (χ4n) is 4.21. The molecular weight excluding hydrogens is 392 g/mol. The normalized spacial score (nSPS) is 16.8. The lowest BCUT2D eigenvalue weighted by atomic mass is 9.84. The molecule has 178 valence electrons. The van der Waals surface area contributed by atoms with Crippen molar-refractivity contribution in [2.75, 3.05) is 34.2 Å². The first kappa shape index (κ1) is 25.8. The standard InChI is InChI=1S/C24H44N4O3/c1-24(2,3)30-22(29)17-20(14-10-13-19-11-8-7-9-12-19)23-25-21(26-31-23)18-28(6)16-15-27(4)5/h19-20H,7-18H2,1-6H3. The van der Waals surface area contributed by atoms with Crippen LogP contribution in [0.25, 0.3) is 0 Å². The average molecular weight is 437 g/mol. The predicted octanol–water partition coefficient (Wildman–Crippen LogP) is 4.63. The van der Waals surface area contributed by atoms with Crippen molar-refractivity contribution < 1.29 is 14.1 Å². The number of aromatic nitrogens is 2. The van der Waals surface area contributed by atoms with Gasteiger partial charge >= 0.3 is 5.97 Å². The van der Waals surface area contributed by atoms with Crippen molar-refractivity contribution in [3.8, 4) is 0 Å². The number of likely N-dealkylation sites (N-methyl/N-ethyl adjacent to an activating group) is 2. The van der Waals surface area contributed by atoms with Crippen LogP contribution in [0, 0.1) is 5.92 Å². The van der Waals surface area contributed by atoms with Gasteiger partial charge in [-0.2, -0.15) is 4.98 Å². The number of carbonyl (C=O) groups is 1. The number of hydrogen-bond acceptors (Lipinski definition) is 7. The maximum atomic E-state index is 12.5. The van der Waals surface area contributed by atoms with Gasteiger partial charge in [-0.1, -0.05) is 50.1 Å². The van der Waals surface area contributed by atoms with Crippen molar-refractivity contribution in [1.29, 1.82) is 0 Å². The molecule has 1 atom stereocenters. The largest absolute Gasteiger partial charge is 0.460 e. The molecular formula is C24H44N4O3. The summed E-state index contributed by atoms with van der Waals surface area (Å²) < 4.78 is 11.2. The van der Waals surface area contributed by atoms with E-state index in [0.717, 1.165) is 31.8 Å². The predicted molar refractivity (Wildman–Crippen MR) is 123 cm³/mol. The Morgan fingerprint density at radius 2 is 1.87 bits per heavy atom. The number of ether oxygens (including phenoxy) is 1. The number of nitrogens with zero attached hydrogens (tertiary/aromatic N) is 4. The quantitative estimate of drug-likeness (QED) is 0.442. The number of esters is 1. The maximum Gasteiger partial charge on any atom is 0.307 e. The molecule has 7 nitrogen and oxygen atoms in total. The Morgan fingerprint density at radius 1 is 1.16 bits per heavy atom. The molecule has 1 heterocycles. The second-order valence-corrected chi connectivity index (χ2v) is 10.5. The van der Waals surface area contributed by atoms with Gasteiger partial charge in [-0.15, -0.1) is 0 Å². The van der Waals surface area contributed by atoms with Crippen molar-refractivity contribution in [2.45, 2.75) is 96.6 Å². The summed E-state index contributed by atoms with van der Waals surface area (Å²) in [6.07, 6.45) is 10.3. The van der Waals surface area contributed by atoms with E-state index in [4.69, 9.17) is 9.26 Å². The average Bonchev–Trinajstić information content (AvgIpc) is 3.13. The van der Waals surface area contributed by atoms with Gasteiger partial charge in [0.1, 0.15) is 5.60 Å². The van der Waals surface area contributed by atoms with Crippen molar-refractivity contribution >= 4 is 5.97 Å². The minimum atomic E-state index is -0.487. The lowest BCUT2D eigenvalue weighted by Crippen LogP contribution is -2.28. The monoisotopic (exact) mass is 436 g/mol. The zero-order chi connectivity index (χ0) is 22.9. The minimum Gasteiger partial charge on any atom is -0.460 e. The van der Waals surface area contributed by atoms with Gasteiger partial charge in [0.2, 0.25) is 5.89 Å². The summed E-state index contributed by atoms with van der Waals surface area (Å²) in [5, 5.41) is 4.19. The molecule has 31 heavy (non-hydrogen) atoms. The van der Waals surface area contributed by atoms with Gasteiger partial charge < -0.3 is 14.2 Å². The summed E-state index contributed by atoms with van der Waals surface area (Å²) in [4.78, 5) is 21.5. The fraction of sp³-hybridized carbons (Fsp3) is 0.875. The third-order valence-electron chi connectivity index (χ3n) is 5.90. The van der Waals surface area contributed by atoms with Crippen molar-refractivity contribution in [3.05, 3.63) is 11.7 Å². The van der Waals surface area contributed by atoms with Crippen LogP contribution in [-0.4, -0.2) is 65.7 Å². The first-order chi connectivity index (χ1) is 14.6. The third kappa shape index (κ3) is 10.6. The van der Waals surface area contributed by atoms with E-state index < -0.39 is 5.60 Å². The summed E-state index contributed by atoms with van der Waals surface area (Å²) in [5.41, 5.74) is -0.487. The van der Waals surface area contributed by atoms with Crippen LogP contribution in [0.5, 0.6) is 0 Å². The minimum absolute atomic E-state index is 0.0771. The van der Waals surface area contributed by atoms with E-state index in [-0.39, 0.29) is 11.9 Å². The van der Waals surface area contributed by atoms with Crippen molar-refractivity contribution in [2.24, 2.45) is 5.92 Å². The molecule has 0 radical (unpaired) electrons. The molecule has 0 aromatic carbocycles. The highest BCUT2D eigenvalue weighted by Gasteiger charge is 2.26. The highest BCUT2D eigenvalue weighted by Crippen LogP contribution is 2.31. The first-order valence-electron chi connectivity index (χ1n) is 12.0. The Morgan fingerprint density at radius 3 is 2.52 bits per heavy atom. The molecule has 0 spiro atoms. The molecule has 0 N–H and O–H groups in total. The molecule has 1 saturated carbocycles. The SMILES string of the molecule is CN(C)CCN(C)Cc1noc(C(CCCC2CCCCC2)CC(=O)OC(C)(C)C)n1. The van der Waals surface area contributed by atoms with E-state index in [1.54, 1.807) is 0 Å². The molecule has 1 unspecified atom stereocenters. The molecule has 1 aromatic heterocycles. The number of rotatable bonds is 12. The second kappa shape index (κ2) is 12.5. The summed E-state index contributed by atoms with van der Waals surface area (Å²) in [6.45, 7) is 8.24. The molecule has 2 rings (SSSR count). The van der Waals surface area contributed by atoms with Gasteiger partial charge in [-0.3, -0.25) is 9.69 Å². The molecule has 0 amide bonds. The van der Waals surface area contributed by atoms with Crippen LogP contribution >= 0.6 is 0 Å². The Hall–Kier alpha value is -1.47. The van der Waals surface area contributed by atoms with Crippen LogP contribution in [-0.2, 0) is 16.1 Å². The summed E-state index contributed by atoms with van der Waals surface area (Å²) in [5.74, 6) is 1.81. The second-order valence-electron chi connectivity index (χ2n) is 10.5. The lowest BCUT2D eigenvalue weighted by Gasteiger charge is -2.23. The smallest absolute Gasteiger partial charge is 0.307 e. The topological polar surface area (TPSA) is 71.7 Å². The molecule has 0 bridgehead atoms. The van der Waals surface area contributed by atoms with Crippen LogP contribution < -0.4 is 0 Å². The fourth-order valence-corrected chi connectivity index (χ4v) is 4.21. The van der Waals surface area contributed by atoms with E-state index in [1.165, 1.54) is 38.5 Å². The highest BCUT2D eigenvalue weighted by molar-refractivity contribution is 5.70. The lowest BCUT2D eigenvalue weighted by molar-refractivity contribution is -0.155. The first-order valence-corrected chi connectivity index (χ1v) is 12.0. The van der Waals surface area contributed by atoms with Gasteiger partial charge in [0, 0.05) is 19.0 Å². The van der Waals surface area contributed by atoms with E-state index >= 15 is 0 Å². The van der Waals surface area contributed by atoms with Crippen LogP contribution in [0.1, 0.15) is 96.2 Å². The molecule has 1 aromatic rings. The summed E-state index contributed by atoms with van der Waals surface area (Å²) in [6, 6.07) is 0. The van der Waals surface area contributed by atoms with E-state index in [0.29, 0.717) is 24.7 Å². The van der Waals surface area contributed by atoms with Gasteiger partial charge in [0.15, 0.2) is 5.82 Å². The molecule has 1 fully saturated rings. The van der Waals surface area contributed by atoms with Crippen molar-refractivity contribution in [3.63, 3.8) is 0 Å². The van der Waals surface area contributed by atoms with Gasteiger partial charge in [-0.05, 0) is 54.3 Å². The molecule has 1 aliphatic rings. The molecule has 7 heteroatoms. The van der Waals surface area contributed by atoms with Crippen LogP contribution in [0.4, 0.5) is 0 Å². The number of carbonyl (C=O) groups excluding carboxylic acids is 1.